The number of benzene rings is 1. The van der Waals surface area contributed by atoms with Gasteiger partial charge in [-0.1, -0.05) is 6.07 Å². The smallest absolute Gasteiger partial charge is 0.262 e. The van der Waals surface area contributed by atoms with Crippen LogP contribution in [0.5, 0.6) is 5.75 Å². The number of rotatable bonds is 4. The fourth-order valence-corrected chi connectivity index (χ4v) is 4.01. The summed E-state index contributed by atoms with van der Waals surface area (Å²) in [5.41, 5.74) is 4.21. The Morgan fingerprint density at radius 3 is 2.89 bits per heavy atom. The van der Waals surface area contributed by atoms with Gasteiger partial charge in [0.05, 0.1) is 5.69 Å². The Hall–Kier alpha value is -3.06. The normalized spacial score (nSPS) is 17.3. The molecule has 1 saturated heterocycles. The van der Waals surface area contributed by atoms with E-state index in [0.717, 1.165) is 56.2 Å². The molecule has 0 aliphatic carbocycles. The largest absolute Gasteiger partial charge is 0.482 e. The predicted molar refractivity (Wildman–Crippen MR) is 109 cm³/mol. The van der Waals surface area contributed by atoms with Crippen molar-refractivity contribution in [2.24, 2.45) is 0 Å². The second-order valence-electron chi connectivity index (χ2n) is 7.32. The van der Waals surface area contributed by atoms with Gasteiger partial charge >= 0.3 is 0 Å². The summed E-state index contributed by atoms with van der Waals surface area (Å²) in [6, 6.07) is 10.3. The van der Waals surface area contributed by atoms with Gasteiger partial charge in [-0.05, 0) is 36.2 Å². The zero-order valence-corrected chi connectivity index (χ0v) is 15.6. The first-order chi connectivity index (χ1) is 13.8. The minimum absolute atomic E-state index is 0.0894. The van der Waals surface area contributed by atoms with Crippen LogP contribution in [0.1, 0.15) is 5.56 Å². The van der Waals surface area contributed by atoms with Gasteiger partial charge in [-0.2, -0.15) is 0 Å². The Morgan fingerprint density at radius 1 is 1.11 bits per heavy atom. The predicted octanol–water partition coefficient (Wildman–Crippen LogP) is 2.26. The number of nitrogens with zero attached hydrogens (tertiary/aromatic N) is 3. The van der Waals surface area contributed by atoms with Crippen molar-refractivity contribution >= 4 is 28.3 Å². The van der Waals surface area contributed by atoms with E-state index in [1.165, 1.54) is 16.6 Å². The highest BCUT2D eigenvalue weighted by Crippen LogP contribution is 2.29. The highest BCUT2D eigenvalue weighted by atomic mass is 16.5. The van der Waals surface area contributed by atoms with Crippen molar-refractivity contribution < 1.29 is 9.53 Å². The summed E-state index contributed by atoms with van der Waals surface area (Å²) >= 11 is 0. The van der Waals surface area contributed by atoms with Gasteiger partial charge in [-0.3, -0.25) is 9.69 Å². The molecular weight excluding hydrogens is 354 g/mol. The quantitative estimate of drug-likeness (QED) is 0.730. The average Bonchev–Trinajstić information content (AvgIpc) is 3.21. The molecule has 7 heteroatoms. The number of aromatic amines is 1. The average molecular weight is 377 g/mol. The van der Waals surface area contributed by atoms with Crippen LogP contribution in [-0.2, 0) is 11.2 Å². The van der Waals surface area contributed by atoms with Crippen LogP contribution >= 0.6 is 0 Å². The molecule has 2 N–H and O–H groups in total. The van der Waals surface area contributed by atoms with Gasteiger partial charge in [0.1, 0.15) is 11.4 Å². The number of ether oxygens (including phenoxy) is 1. The third-order valence-corrected chi connectivity index (χ3v) is 5.54. The number of fused-ring (bicyclic) bond motifs is 2. The van der Waals surface area contributed by atoms with Gasteiger partial charge in [-0.25, -0.2) is 4.98 Å². The first kappa shape index (κ1) is 17.1. The molecule has 0 radical (unpaired) electrons. The Labute approximate surface area is 163 Å². The molecular formula is C21H23N5O2. The molecule has 0 bridgehead atoms. The van der Waals surface area contributed by atoms with Gasteiger partial charge < -0.3 is 19.9 Å². The summed E-state index contributed by atoms with van der Waals surface area (Å²) in [4.78, 5) is 24.0. The molecule has 2 aliphatic rings. The summed E-state index contributed by atoms with van der Waals surface area (Å²) in [7, 11) is 0. The molecule has 28 heavy (non-hydrogen) atoms. The van der Waals surface area contributed by atoms with Crippen molar-refractivity contribution in [3.63, 3.8) is 0 Å². The van der Waals surface area contributed by atoms with E-state index in [0.29, 0.717) is 0 Å². The molecule has 0 spiro atoms. The number of hydrogen-bond donors (Lipinski definition) is 2. The van der Waals surface area contributed by atoms with Gasteiger partial charge in [0.25, 0.3) is 5.91 Å². The third kappa shape index (κ3) is 3.29. The highest BCUT2D eigenvalue weighted by Gasteiger charge is 2.20. The second-order valence-corrected chi connectivity index (χ2v) is 7.32. The first-order valence-electron chi connectivity index (χ1n) is 9.71. The van der Waals surface area contributed by atoms with Crippen molar-refractivity contribution in [3.05, 3.63) is 48.3 Å². The van der Waals surface area contributed by atoms with Crippen LogP contribution in [0.15, 0.2) is 42.7 Å². The van der Waals surface area contributed by atoms with Crippen LogP contribution in [0.4, 0.5) is 11.4 Å². The molecule has 1 fully saturated rings. The third-order valence-electron chi connectivity index (χ3n) is 5.54. The second kappa shape index (κ2) is 7.16. The summed E-state index contributed by atoms with van der Waals surface area (Å²) in [5, 5.41) is 4.07. The summed E-state index contributed by atoms with van der Waals surface area (Å²) in [6.45, 7) is 5.22. The molecule has 0 atom stereocenters. The lowest BCUT2D eigenvalue weighted by atomic mass is 10.1. The minimum Gasteiger partial charge on any atom is -0.482 e. The maximum atomic E-state index is 11.5. The van der Waals surface area contributed by atoms with E-state index in [2.05, 4.69) is 43.3 Å². The molecule has 0 unspecified atom stereocenters. The van der Waals surface area contributed by atoms with Gasteiger partial charge in [0, 0.05) is 56.2 Å². The fourth-order valence-electron chi connectivity index (χ4n) is 4.01. The fraction of sp³-hybridized carbons (Fsp3) is 0.333. The lowest BCUT2D eigenvalue weighted by molar-refractivity contribution is -0.118. The first-order valence-corrected chi connectivity index (χ1v) is 9.71. The van der Waals surface area contributed by atoms with Crippen LogP contribution in [-0.4, -0.2) is 60.1 Å². The maximum Gasteiger partial charge on any atom is 0.262 e. The summed E-state index contributed by atoms with van der Waals surface area (Å²) < 4.78 is 5.43. The molecule has 5 rings (SSSR count). The Bertz CT molecular complexity index is 1010. The molecule has 2 aromatic heterocycles. The highest BCUT2D eigenvalue weighted by molar-refractivity contribution is 5.95. The number of H-pyrrole nitrogens is 1. The number of amides is 1. The molecule has 7 nitrogen and oxygen atoms in total. The van der Waals surface area contributed by atoms with Crippen molar-refractivity contribution in [2.75, 3.05) is 49.5 Å². The summed E-state index contributed by atoms with van der Waals surface area (Å²) in [5.74, 6) is 0.666. The number of piperazine rings is 1. The number of anilines is 2. The van der Waals surface area contributed by atoms with Crippen LogP contribution < -0.4 is 15.0 Å². The van der Waals surface area contributed by atoms with E-state index in [1.54, 1.807) is 0 Å². The molecule has 4 heterocycles. The standard InChI is InChI=1S/C21H23N5O2/c27-20-14-28-19-2-1-15(13-17(19)24-20)5-8-25-9-11-26(12-10-25)18-4-7-23-21-16(18)3-6-22-21/h1-4,6-7,13H,5,8-12,14H2,(H,22,23)(H,24,27). The number of nitrogens with one attached hydrogen (secondary N) is 2. The van der Waals surface area contributed by atoms with Crippen LogP contribution in [0.25, 0.3) is 11.0 Å². The van der Waals surface area contributed by atoms with Gasteiger partial charge in [0.15, 0.2) is 6.61 Å². The van der Waals surface area contributed by atoms with Crippen molar-refractivity contribution in [3.8, 4) is 5.75 Å². The van der Waals surface area contributed by atoms with E-state index >= 15 is 0 Å². The lowest BCUT2D eigenvalue weighted by Gasteiger charge is -2.36. The molecule has 144 valence electrons. The van der Waals surface area contributed by atoms with Gasteiger partial charge in [-0.15, -0.1) is 0 Å². The molecule has 2 aliphatic heterocycles. The molecule has 1 aromatic carbocycles. The number of carbonyl (C=O) groups is 1. The van der Waals surface area contributed by atoms with Crippen LogP contribution in [0.2, 0.25) is 0 Å². The Morgan fingerprint density at radius 2 is 2.00 bits per heavy atom. The number of carbonyl (C=O) groups excluding carboxylic acids is 1. The maximum absolute atomic E-state index is 11.5. The SMILES string of the molecule is O=C1COc2ccc(CCN3CCN(c4ccnc5[nH]ccc45)CC3)cc2N1. The van der Waals surface area contributed by atoms with E-state index in [9.17, 15) is 4.79 Å². The van der Waals surface area contributed by atoms with E-state index < -0.39 is 0 Å². The lowest BCUT2D eigenvalue weighted by Crippen LogP contribution is -2.47. The van der Waals surface area contributed by atoms with E-state index in [-0.39, 0.29) is 12.5 Å². The molecule has 1 amide bonds. The monoisotopic (exact) mass is 377 g/mol. The zero-order chi connectivity index (χ0) is 18.9. The minimum atomic E-state index is -0.0894. The molecule has 0 saturated carbocycles. The van der Waals surface area contributed by atoms with Crippen LogP contribution in [0, 0.1) is 0 Å². The zero-order valence-electron chi connectivity index (χ0n) is 15.6. The Balaban J connectivity index is 1.19. The van der Waals surface area contributed by atoms with Crippen LogP contribution in [0.3, 0.4) is 0 Å². The van der Waals surface area contributed by atoms with E-state index in [4.69, 9.17) is 4.74 Å². The van der Waals surface area contributed by atoms with Crippen molar-refractivity contribution in [1.29, 1.82) is 0 Å². The topological polar surface area (TPSA) is 73.5 Å². The number of hydrogen-bond acceptors (Lipinski definition) is 5. The van der Waals surface area contributed by atoms with E-state index in [1.807, 2.05) is 24.5 Å². The Kier molecular flexibility index (Phi) is 4.37. The number of pyridine rings is 1. The van der Waals surface area contributed by atoms with Crippen molar-refractivity contribution in [1.82, 2.24) is 14.9 Å². The molecule has 3 aromatic rings. The summed E-state index contributed by atoms with van der Waals surface area (Å²) in [6.07, 6.45) is 4.78. The number of aromatic nitrogens is 2. The van der Waals surface area contributed by atoms with Crippen molar-refractivity contribution in [2.45, 2.75) is 6.42 Å². The van der Waals surface area contributed by atoms with Gasteiger partial charge in [0.2, 0.25) is 0 Å².